The largest absolute Gasteiger partial charge is 0.314 e. The van der Waals surface area contributed by atoms with E-state index in [9.17, 15) is 0 Å². The Morgan fingerprint density at radius 3 is 2.94 bits per heavy atom. The third-order valence-corrected chi connectivity index (χ3v) is 3.27. The van der Waals surface area contributed by atoms with Crippen molar-refractivity contribution in [2.75, 3.05) is 6.54 Å². The zero-order valence-electron chi connectivity index (χ0n) is 10.4. The van der Waals surface area contributed by atoms with E-state index in [1.54, 1.807) is 0 Å². The number of hydrogen-bond acceptors (Lipinski definition) is 2. The number of aromatic nitrogens is 1. The van der Waals surface area contributed by atoms with Crippen LogP contribution in [0.1, 0.15) is 42.6 Å². The number of nitrogens with zero attached hydrogens (tertiary/aromatic N) is 1. The van der Waals surface area contributed by atoms with Crippen LogP contribution in [0.25, 0.3) is 0 Å². The van der Waals surface area contributed by atoms with Gasteiger partial charge in [-0.15, -0.1) is 0 Å². The summed E-state index contributed by atoms with van der Waals surface area (Å²) >= 11 is 0. The van der Waals surface area contributed by atoms with E-state index < -0.39 is 0 Å². The number of aryl methyl sites for hydroxylation is 2. The second-order valence-corrected chi connectivity index (χ2v) is 4.98. The van der Waals surface area contributed by atoms with Crippen molar-refractivity contribution in [2.24, 2.45) is 0 Å². The van der Waals surface area contributed by atoms with Crippen molar-refractivity contribution in [3.8, 4) is 0 Å². The fourth-order valence-electron chi connectivity index (χ4n) is 2.56. The van der Waals surface area contributed by atoms with E-state index in [2.05, 4.69) is 36.3 Å². The predicted octanol–water partition coefficient (Wildman–Crippen LogP) is 2.77. The van der Waals surface area contributed by atoms with E-state index in [0.717, 1.165) is 12.1 Å². The molecule has 2 heterocycles. The molecule has 1 aromatic rings. The Hall–Kier alpha value is -0.890. The molecule has 0 radical (unpaired) electrons. The van der Waals surface area contributed by atoms with Gasteiger partial charge < -0.3 is 5.32 Å². The summed E-state index contributed by atoms with van der Waals surface area (Å²) < 4.78 is 0. The molecule has 0 bridgehead atoms. The highest BCUT2D eigenvalue weighted by Gasteiger charge is 2.12. The first-order chi connectivity index (χ1) is 7.74. The van der Waals surface area contributed by atoms with Gasteiger partial charge in [-0.05, 0) is 50.9 Å². The monoisotopic (exact) mass is 218 g/mol. The maximum absolute atomic E-state index is 4.62. The lowest BCUT2D eigenvalue weighted by atomic mass is 10.0. The van der Waals surface area contributed by atoms with Gasteiger partial charge in [-0.25, -0.2) is 0 Å². The van der Waals surface area contributed by atoms with Crippen LogP contribution in [0.2, 0.25) is 0 Å². The van der Waals surface area contributed by atoms with Crippen molar-refractivity contribution in [1.82, 2.24) is 10.3 Å². The highest BCUT2D eigenvalue weighted by molar-refractivity contribution is 5.20. The van der Waals surface area contributed by atoms with Gasteiger partial charge in [0.2, 0.25) is 0 Å². The van der Waals surface area contributed by atoms with Gasteiger partial charge in [-0.2, -0.15) is 0 Å². The molecular weight excluding hydrogens is 196 g/mol. The number of pyridine rings is 1. The molecule has 1 atom stereocenters. The number of hydrogen-bond donors (Lipinski definition) is 1. The van der Waals surface area contributed by atoms with Crippen molar-refractivity contribution >= 4 is 0 Å². The van der Waals surface area contributed by atoms with Crippen LogP contribution in [0, 0.1) is 13.8 Å². The third kappa shape index (κ3) is 3.31. The molecule has 16 heavy (non-hydrogen) atoms. The fourth-order valence-corrected chi connectivity index (χ4v) is 2.56. The minimum atomic E-state index is 0.635. The quantitative estimate of drug-likeness (QED) is 0.825. The Labute approximate surface area is 98.5 Å². The minimum absolute atomic E-state index is 0.635. The Morgan fingerprint density at radius 2 is 2.12 bits per heavy atom. The molecule has 0 spiro atoms. The van der Waals surface area contributed by atoms with Gasteiger partial charge in [0.25, 0.3) is 0 Å². The highest BCUT2D eigenvalue weighted by Crippen LogP contribution is 2.13. The van der Waals surface area contributed by atoms with Gasteiger partial charge in [0.15, 0.2) is 0 Å². The Balaban J connectivity index is 2.01. The normalized spacial score (nSPS) is 21.8. The molecular formula is C14H22N2. The maximum Gasteiger partial charge on any atom is 0.0424 e. The second kappa shape index (κ2) is 5.44. The van der Waals surface area contributed by atoms with E-state index in [1.807, 2.05) is 0 Å². The smallest absolute Gasteiger partial charge is 0.0424 e. The molecule has 1 aromatic heterocycles. The molecule has 2 heteroatoms. The lowest BCUT2D eigenvalue weighted by molar-refractivity contribution is 0.502. The summed E-state index contributed by atoms with van der Waals surface area (Å²) in [5.74, 6) is 0. The molecule has 2 nitrogen and oxygen atoms in total. The highest BCUT2D eigenvalue weighted by atomic mass is 14.9. The molecule has 1 saturated heterocycles. The standard InChI is InChI=1S/C14H22N2/c1-11-8-12(2)16-14(9-11)10-13-6-4-3-5-7-15-13/h8-9,13,15H,3-7,10H2,1-2H3/t13-/m0/s1. The molecule has 0 amide bonds. The van der Waals surface area contributed by atoms with Crippen LogP contribution in [0.15, 0.2) is 12.1 Å². The van der Waals surface area contributed by atoms with Gasteiger partial charge >= 0.3 is 0 Å². The van der Waals surface area contributed by atoms with Gasteiger partial charge in [-0.1, -0.05) is 12.8 Å². The van der Waals surface area contributed by atoms with Crippen molar-refractivity contribution in [2.45, 2.75) is 52.0 Å². The second-order valence-electron chi connectivity index (χ2n) is 4.98. The van der Waals surface area contributed by atoms with E-state index in [-0.39, 0.29) is 0 Å². The van der Waals surface area contributed by atoms with Crippen LogP contribution in [-0.4, -0.2) is 17.6 Å². The van der Waals surface area contributed by atoms with Gasteiger partial charge in [-0.3, -0.25) is 4.98 Å². The SMILES string of the molecule is Cc1cc(C)nc(C[C@@H]2CCCCCN2)c1. The minimum Gasteiger partial charge on any atom is -0.314 e. The van der Waals surface area contributed by atoms with Crippen LogP contribution < -0.4 is 5.32 Å². The molecule has 88 valence electrons. The first kappa shape index (κ1) is 11.6. The number of nitrogens with one attached hydrogen (secondary N) is 1. The molecule has 0 unspecified atom stereocenters. The van der Waals surface area contributed by atoms with Crippen LogP contribution >= 0.6 is 0 Å². The summed E-state index contributed by atoms with van der Waals surface area (Å²) in [6.45, 7) is 5.41. The number of rotatable bonds is 2. The summed E-state index contributed by atoms with van der Waals surface area (Å²) in [4.78, 5) is 4.62. The van der Waals surface area contributed by atoms with E-state index in [0.29, 0.717) is 6.04 Å². The fraction of sp³-hybridized carbons (Fsp3) is 0.643. The van der Waals surface area contributed by atoms with Crippen LogP contribution in [0.3, 0.4) is 0 Å². The summed E-state index contributed by atoms with van der Waals surface area (Å²) in [6, 6.07) is 5.00. The van der Waals surface area contributed by atoms with Crippen molar-refractivity contribution < 1.29 is 0 Å². The van der Waals surface area contributed by atoms with Crippen LogP contribution in [-0.2, 0) is 6.42 Å². The first-order valence-corrected chi connectivity index (χ1v) is 6.41. The molecule has 1 aliphatic rings. The topological polar surface area (TPSA) is 24.9 Å². The molecule has 1 fully saturated rings. The van der Waals surface area contributed by atoms with Crippen molar-refractivity contribution in [3.05, 3.63) is 29.1 Å². The summed E-state index contributed by atoms with van der Waals surface area (Å²) in [5, 5.41) is 3.63. The zero-order valence-corrected chi connectivity index (χ0v) is 10.4. The maximum atomic E-state index is 4.62. The first-order valence-electron chi connectivity index (χ1n) is 6.41. The van der Waals surface area contributed by atoms with Gasteiger partial charge in [0.1, 0.15) is 0 Å². The Bertz CT molecular complexity index is 318. The van der Waals surface area contributed by atoms with Crippen LogP contribution in [0.5, 0.6) is 0 Å². The lowest BCUT2D eigenvalue weighted by Crippen LogP contribution is -2.30. The third-order valence-electron chi connectivity index (χ3n) is 3.27. The summed E-state index contributed by atoms with van der Waals surface area (Å²) in [6.07, 6.45) is 6.46. The zero-order chi connectivity index (χ0) is 11.4. The summed E-state index contributed by atoms with van der Waals surface area (Å²) in [7, 11) is 0. The van der Waals surface area contributed by atoms with Gasteiger partial charge in [0, 0.05) is 23.9 Å². The predicted molar refractivity (Wildman–Crippen MR) is 67.7 cm³/mol. The van der Waals surface area contributed by atoms with Crippen molar-refractivity contribution in [1.29, 1.82) is 0 Å². The summed E-state index contributed by atoms with van der Waals surface area (Å²) in [5.41, 5.74) is 3.72. The molecule has 1 aliphatic heterocycles. The average Bonchev–Trinajstić information content (AvgIpc) is 2.44. The Morgan fingerprint density at radius 1 is 1.25 bits per heavy atom. The molecule has 0 aromatic carbocycles. The van der Waals surface area contributed by atoms with Crippen LogP contribution in [0.4, 0.5) is 0 Å². The lowest BCUT2D eigenvalue weighted by Gasteiger charge is -2.15. The van der Waals surface area contributed by atoms with E-state index >= 15 is 0 Å². The van der Waals surface area contributed by atoms with Gasteiger partial charge in [0.05, 0.1) is 0 Å². The average molecular weight is 218 g/mol. The Kier molecular flexibility index (Phi) is 3.94. The molecule has 1 N–H and O–H groups in total. The van der Waals surface area contributed by atoms with E-state index in [1.165, 1.54) is 43.5 Å². The molecule has 0 saturated carbocycles. The van der Waals surface area contributed by atoms with E-state index in [4.69, 9.17) is 0 Å². The molecule has 0 aliphatic carbocycles. The van der Waals surface area contributed by atoms with Crippen molar-refractivity contribution in [3.63, 3.8) is 0 Å². The molecule has 2 rings (SSSR count).